The summed E-state index contributed by atoms with van der Waals surface area (Å²) in [6.07, 6.45) is 4.74. The van der Waals surface area contributed by atoms with Crippen molar-refractivity contribution in [2.24, 2.45) is 5.41 Å². The van der Waals surface area contributed by atoms with Gasteiger partial charge < -0.3 is 5.32 Å². The summed E-state index contributed by atoms with van der Waals surface area (Å²) < 4.78 is 0. The summed E-state index contributed by atoms with van der Waals surface area (Å²) in [6.45, 7) is 13.5. The van der Waals surface area contributed by atoms with Gasteiger partial charge in [-0.2, -0.15) is 0 Å². The maximum atomic E-state index is 4.30. The van der Waals surface area contributed by atoms with E-state index in [2.05, 4.69) is 63.9 Å². The SMILES string of the molecule is C=C(Nc1sc2c(c1C)CC(C)(C)CC2)c1ccccc1CC. The Morgan fingerprint density at radius 1 is 1.30 bits per heavy atom. The molecule has 1 nitrogen and oxygen atoms in total. The van der Waals surface area contributed by atoms with Gasteiger partial charge in [-0.1, -0.05) is 51.6 Å². The first kappa shape index (κ1) is 16.3. The average molecular weight is 326 g/mol. The molecule has 1 aromatic heterocycles. The van der Waals surface area contributed by atoms with Crippen LogP contribution in [0.15, 0.2) is 30.8 Å². The molecule has 0 unspecified atom stereocenters. The van der Waals surface area contributed by atoms with Crippen molar-refractivity contribution >= 4 is 22.0 Å². The molecule has 0 saturated heterocycles. The van der Waals surface area contributed by atoms with Gasteiger partial charge in [0, 0.05) is 16.1 Å². The maximum Gasteiger partial charge on any atom is 0.0962 e. The van der Waals surface area contributed by atoms with Gasteiger partial charge in [-0.15, -0.1) is 11.3 Å². The lowest BCUT2D eigenvalue weighted by Gasteiger charge is -2.29. The summed E-state index contributed by atoms with van der Waals surface area (Å²) in [6, 6.07) is 8.56. The predicted molar refractivity (Wildman–Crippen MR) is 103 cm³/mol. The highest BCUT2D eigenvalue weighted by atomic mass is 32.1. The van der Waals surface area contributed by atoms with Crippen LogP contribution >= 0.6 is 11.3 Å². The lowest BCUT2D eigenvalue weighted by Crippen LogP contribution is -2.21. The van der Waals surface area contributed by atoms with Crippen molar-refractivity contribution in [1.82, 2.24) is 0 Å². The fraction of sp³-hybridized carbons (Fsp3) is 0.429. The molecule has 0 spiro atoms. The summed E-state index contributed by atoms with van der Waals surface area (Å²) >= 11 is 1.93. The van der Waals surface area contributed by atoms with Crippen LogP contribution in [0.4, 0.5) is 5.00 Å². The van der Waals surface area contributed by atoms with Crippen molar-refractivity contribution in [3.63, 3.8) is 0 Å². The van der Waals surface area contributed by atoms with Gasteiger partial charge in [0.15, 0.2) is 0 Å². The number of benzene rings is 1. The average Bonchev–Trinajstić information content (AvgIpc) is 2.82. The van der Waals surface area contributed by atoms with Crippen LogP contribution in [0.3, 0.4) is 0 Å². The number of hydrogen-bond donors (Lipinski definition) is 1. The van der Waals surface area contributed by atoms with Gasteiger partial charge in [-0.25, -0.2) is 0 Å². The molecule has 2 aromatic rings. The second-order valence-electron chi connectivity index (χ2n) is 7.41. The Hall–Kier alpha value is -1.54. The van der Waals surface area contributed by atoms with E-state index in [0.717, 1.165) is 12.1 Å². The number of anilines is 1. The van der Waals surface area contributed by atoms with Crippen molar-refractivity contribution < 1.29 is 0 Å². The first-order chi connectivity index (χ1) is 10.9. The highest BCUT2D eigenvalue weighted by molar-refractivity contribution is 7.16. The molecule has 3 rings (SSSR count). The third-order valence-electron chi connectivity index (χ3n) is 5.03. The van der Waals surface area contributed by atoms with E-state index in [4.69, 9.17) is 0 Å². The third-order valence-corrected chi connectivity index (χ3v) is 6.34. The normalized spacial score (nSPS) is 16.0. The highest BCUT2D eigenvalue weighted by Crippen LogP contribution is 2.44. The van der Waals surface area contributed by atoms with Crippen LogP contribution in [0, 0.1) is 12.3 Å². The van der Waals surface area contributed by atoms with Crippen LogP contribution in [-0.2, 0) is 19.3 Å². The number of fused-ring (bicyclic) bond motifs is 1. The molecular formula is C21H27NS. The van der Waals surface area contributed by atoms with E-state index < -0.39 is 0 Å². The van der Waals surface area contributed by atoms with Crippen LogP contribution in [0.2, 0.25) is 0 Å². The quantitative estimate of drug-likeness (QED) is 0.704. The van der Waals surface area contributed by atoms with Crippen molar-refractivity contribution in [2.75, 3.05) is 5.32 Å². The summed E-state index contributed by atoms with van der Waals surface area (Å²) in [5.74, 6) is 0. The summed E-state index contributed by atoms with van der Waals surface area (Å²) in [5.41, 5.74) is 7.04. The summed E-state index contributed by atoms with van der Waals surface area (Å²) in [7, 11) is 0. The largest absolute Gasteiger partial charge is 0.347 e. The minimum absolute atomic E-state index is 0.432. The fourth-order valence-electron chi connectivity index (χ4n) is 3.51. The zero-order valence-electron chi connectivity index (χ0n) is 14.8. The third kappa shape index (κ3) is 3.23. The van der Waals surface area contributed by atoms with E-state index in [1.807, 2.05) is 11.3 Å². The molecule has 122 valence electrons. The van der Waals surface area contributed by atoms with Gasteiger partial charge in [0.05, 0.1) is 5.00 Å². The minimum atomic E-state index is 0.432. The molecule has 0 aliphatic heterocycles. The maximum absolute atomic E-state index is 4.30. The first-order valence-electron chi connectivity index (χ1n) is 8.56. The van der Waals surface area contributed by atoms with Gasteiger partial charge in [-0.3, -0.25) is 0 Å². The van der Waals surface area contributed by atoms with Crippen molar-refractivity contribution in [3.05, 3.63) is 58.0 Å². The van der Waals surface area contributed by atoms with Gasteiger partial charge in [0.1, 0.15) is 0 Å². The van der Waals surface area contributed by atoms with E-state index >= 15 is 0 Å². The molecule has 1 aliphatic carbocycles. The van der Waals surface area contributed by atoms with Crippen LogP contribution in [0.25, 0.3) is 5.70 Å². The second-order valence-corrected chi connectivity index (χ2v) is 8.52. The van der Waals surface area contributed by atoms with Crippen LogP contribution in [0.1, 0.15) is 54.3 Å². The first-order valence-corrected chi connectivity index (χ1v) is 9.38. The molecule has 0 bridgehead atoms. The fourth-order valence-corrected chi connectivity index (χ4v) is 4.76. The lowest BCUT2D eigenvalue weighted by atomic mass is 9.76. The number of thiophene rings is 1. The molecule has 0 saturated carbocycles. The summed E-state index contributed by atoms with van der Waals surface area (Å²) in [4.78, 5) is 1.57. The second kappa shape index (κ2) is 6.16. The van der Waals surface area contributed by atoms with Crippen molar-refractivity contribution in [2.45, 2.75) is 53.4 Å². The van der Waals surface area contributed by atoms with Crippen LogP contribution in [-0.4, -0.2) is 0 Å². The van der Waals surface area contributed by atoms with E-state index in [1.54, 1.807) is 10.4 Å². The Labute approximate surface area is 144 Å². The molecule has 1 N–H and O–H groups in total. The molecule has 2 heteroatoms. The lowest BCUT2D eigenvalue weighted by molar-refractivity contribution is 0.317. The Morgan fingerprint density at radius 3 is 2.78 bits per heavy atom. The smallest absolute Gasteiger partial charge is 0.0962 e. The number of aryl methyl sites for hydroxylation is 2. The van der Waals surface area contributed by atoms with E-state index in [0.29, 0.717) is 5.41 Å². The van der Waals surface area contributed by atoms with Crippen LogP contribution < -0.4 is 5.32 Å². The number of nitrogens with one attached hydrogen (secondary N) is 1. The number of hydrogen-bond acceptors (Lipinski definition) is 2. The Balaban J connectivity index is 1.87. The molecule has 1 heterocycles. The Kier molecular flexibility index (Phi) is 4.37. The standard InChI is InChI=1S/C21H27NS/c1-6-16-9-7-8-10-17(16)15(3)22-20-14(2)18-13-21(4,5)12-11-19(18)23-20/h7-10,22H,3,6,11-13H2,1-2,4-5H3. The molecule has 1 aliphatic rings. The number of rotatable bonds is 4. The molecular weight excluding hydrogens is 298 g/mol. The molecule has 1 aromatic carbocycles. The Bertz CT molecular complexity index is 736. The van der Waals surface area contributed by atoms with E-state index in [1.165, 1.54) is 41.0 Å². The molecule has 0 fully saturated rings. The summed E-state index contributed by atoms with van der Waals surface area (Å²) in [5, 5.41) is 4.89. The van der Waals surface area contributed by atoms with E-state index in [-0.39, 0.29) is 0 Å². The van der Waals surface area contributed by atoms with Gasteiger partial charge >= 0.3 is 0 Å². The molecule has 0 amide bonds. The zero-order chi connectivity index (χ0) is 16.6. The molecule has 0 radical (unpaired) electrons. The molecule has 23 heavy (non-hydrogen) atoms. The Morgan fingerprint density at radius 2 is 2.04 bits per heavy atom. The minimum Gasteiger partial charge on any atom is -0.347 e. The topological polar surface area (TPSA) is 12.0 Å². The highest BCUT2D eigenvalue weighted by Gasteiger charge is 2.29. The van der Waals surface area contributed by atoms with Gasteiger partial charge in [-0.05, 0) is 54.7 Å². The predicted octanol–water partition coefficient (Wildman–Crippen LogP) is 6.22. The monoisotopic (exact) mass is 325 g/mol. The zero-order valence-corrected chi connectivity index (χ0v) is 15.6. The van der Waals surface area contributed by atoms with Gasteiger partial charge in [0.25, 0.3) is 0 Å². The van der Waals surface area contributed by atoms with Gasteiger partial charge in [0.2, 0.25) is 0 Å². The van der Waals surface area contributed by atoms with Crippen LogP contribution in [0.5, 0.6) is 0 Å². The van der Waals surface area contributed by atoms with Crippen molar-refractivity contribution in [1.29, 1.82) is 0 Å². The van der Waals surface area contributed by atoms with E-state index in [9.17, 15) is 0 Å². The molecule has 0 atom stereocenters. The van der Waals surface area contributed by atoms with Crippen molar-refractivity contribution in [3.8, 4) is 0 Å².